The summed E-state index contributed by atoms with van der Waals surface area (Å²) in [5.41, 5.74) is 1.66. The Hall–Kier alpha value is -2.86. The van der Waals surface area contributed by atoms with E-state index in [0.717, 1.165) is 42.8 Å². The first kappa shape index (κ1) is 32.4. The van der Waals surface area contributed by atoms with Gasteiger partial charge in [0.25, 0.3) is 0 Å². The fraction of sp³-hybridized carbons (Fsp3) is 0.576. The van der Waals surface area contributed by atoms with E-state index < -0.39 is 11.6 Å². The molecular weight excluding hydrogens is 486 g/mol. The summed E-state index contributed by atoms with van der Waals surface area (Å²) < 4.78 is 5.92. The van der Waals surface area contributed by atoms with Crippen LogP contribution in [0.3, 0.4) is 0 Å². The molecule has 2 aromatic carbocycles. The van der Waals surface area contributed by atoms with Crippen LogP contribution in [0.4, 0.5) is 0 Å². The third-order valence-corrected chi connectivity index (χ3v) is 6.58. The third-order valence-electron chi connectivity index (χ3n) is 6.58. The Kier molecular flexibility index (Phi) is 13.0. The summed E-state index contributed by atoms with van der Waals surface area (Å²) in [6, 6.07) is 16.9. The largest absolute Gasteiger partial charge is 0.489 e. The number of hydrogen-bond donors (Lipinski definition) is 2. The van der Waals surface area contributed by atoms with Crippen molar-refractivity contribution in [3.63, 3.8) is 0 Å². The van der Waals surface area contributed by atoms with Crippen LogP contribution in [-0.4, -0.2) is 47.4 Å². The van der Waals surface area contributed by atoms with Crippen molar-refractivity contribution in [1.82, 2.24) is 15.5 Å². The van der Waals surface area contributed by atoms with Crippen molar-refractivity contribution in [3.8, 4) is 5.75 Å². The van der Waals surface area contributed by atoms with E-state index >= 15 is 0 Å². The predicted molar refractivity (Wildman–Crippen MR) is 161 cm³/mol. The van der Waals surface area contributed by atoms with Crippen LogP contribution < -0.4 is 15.4 Å². The zero-order chi connectivity index (χ0) is 29.0. The van der Waals surface area contributed by atoms with Crippen LogP contribution in [0.2, 0.25) is 0 Å². The van der Waals surface area contributed by atoms with Gasteiger partial charge in [-0.2, -0.15) is 0 Å². The molecule has 2 aromatic rings. The van der Waals surface area contributed by atoms with E-state index in [9.17, 15) is 9.59 Å². The van der Waals surface area contributed by atoms with Crippen molar-refractivity contribution >= 4 is 11.8 Å². The van der Waals surface area contributed by atoms with Gasteiger partial charge in [-0.25, -0.2) is 0 Å². The Balaban J connectivity index is 2.18. The number of carbonyl (C=O) groups excluding carboxylic acids is 2. The van der Waals surface area contributed by atoms with Crippen LogP contribution in [0.25, 0.3) is 0 Å². The van der Waals surface area contributed by atoms with Crippen LogP contribution in [0.5, 0.6) is 5.75 Å². The Labute approximate surface area is 236 Å². The van der Waals surface area contributed by atoms with E-state index in [1.54, 1.807) is 0 Å². The summed E-state index contributed by atoms with van der Waals surface area (Å²) in [7, 11) is 0. The molecule has 0 aliphatic heterocycles. The van der Waals surface area contributed by atoms with E-state index in [2.05, 4.69) is 50.2 Å². The molecule has 6 nitrogen and oxygen atoms in total. The SMILES string of the molecule is CCN(CCC(C)C)C(CC(C)C)C(=O)NC(Cc1ccc(OCc2ccccc2)cc1)C(=O)NC(C)(C)C. The summed E-state index contributed by atoms with van der Waals surface area (Å²) in [6.45, 7) is 18.8. The molecule has 0 fully saturated rings. The number of ether oxygens (including phenoxy) is 1. The summed E-state index contributed by atoms with van der Waals surface area (Å²) in [5.74, 6) is 1.44. The maximum absolute atomic E-state index is 13.7. The molecule has 2 unspecified atom stereocenters. The van der Waals surface area contributed by atoms with Crippen LogP contribution in [-0.2, 0) is 22.6 Å². The van der Waals surface area contributed by atoms with Crippen molar-refractivity contribution in [2.45, 2.75) is 98.9 Å². The molecule has 0 radical (unpaired) electrons. The smallest absolute Gasteiger partial charge is 0.243 e. The number of carbonyl (C=O) groups is 2. The highest BCUT2D eigenvalue weighted by Gasteiger charge is 2.31. The second-order valence-corrected chi connectivity index (χ2v) is 12.4. The highest BCUT2D eigenvalue weighted by molar-refractivity contribution is 5.90. The number of nitrogens with one attached hydrogen (secondary N) is 2. The summed E-state index contributed by atoms with van der Waals surface area (Å²) in [4.78, 5) is 29.3. The van der Waals surface area contributed by atoms with Gasteiger partial charge in [0.2, 0.25) is 11.8 Å². The minimum absolute atomic E-state index is 0.0776. The first-order chi connectivity index (χ1) is 18.4. The molecule has 2 amide bonds. The third kappa shape index (κ3) is 12.2. The molecule has 0 aliphatic rings. The first-order valence-corrected chi connectivity index (χ1v) is 14.5. The molecule has 216 valence electrons. The number of rotatable bonds is 15. The molecule has 0 saturated heterocycles. The monoisotopic (exact) mass is 537 g/mol. The quantitative estimate of drug-likeness (QED) is 0.293. The molecule has 0 aliphatic carbocycles. The van der Waals surface area contributed by atoms with Crippen LogP contribution in [0, 0.1) is 11.8 Å². The molecule has 6 heteroatoms. The summed E-state index contributed by atoms with van der Waals surface area (Å²) in [5, 5.41) is 6.20. The second kappa shape index (κ2) is 15.7. The van der Waals surface area contributed by atoms with E-state index in [1.807, 2.05) is 75.4 Å². The van der Waals surface area contributed by atoms with Gasteiger partial charge in [0, 0.05) is 12.0 Å². The second-order valence-electron chi connectivity index (χ2n) is 12.4. The van der Waals surface area contributed by atoms with Gasteiger partial charge in [0.15, 0.2) is 0 Å². The summed E-state index contributed by atoms with van der Waals surface area (Å²) in [6.07, 6.45) is 2.18. The maximum atomic E-state index is 13.7. The molecule has 39 heavy (non-hydrogen) atoms. The highest BCUT2D eigenvalue weighted by Crippen LogP contribution is 2.18. The van der Waals surface area contributed by atoms with Gasteiger partial charge in [-0.1, -0.05) is 77.1 Å². The zero-order valence-electron chi connectivity index (χ0n) is 25.4. The fourth-order valence-electron chi connectivity index (χ4n) is 4.46. The molecule has 2 atom stereocenters. The minimum atomic E-state index is -0.675. The Morgan fingerprint density at radius 1 is 0.872 bits per heavy atom. The topological polar surface area (TPSA) is 70.7 Å². The van der Waals surface area contributed by atoms with Gasteiger partial charge >= 0.3 is 0 Å². The van der Waals surface area contributed by atoms with E-state index in [1.165, 1.54) is 0 Å². The normalized spacial score (nSPS) is 13.4. The number of nitrogens with zero attached hydrogens (tertiary/aromatic N) is 1. The van der Waals surface area contributed by atoms with Crippen LogP contribution in [0.1, 0.15) is 79.4 Å². The molecule has 0 aromatic heterocycles. The van der Waals surface area contributed by atoms with E-state index in [4.69, 9.17) is 4.74 Å². The lowest BCUT2D eigenvalue weighted by molar-refractivity contribution is -0.133. The molecule has 0 bridgehead atoms. The maximum Gasteiger partial charge on any atom is 0.243 e. The number of hydrogen-bond acceptors (Lipinski definition) is 4. The van der Waals surface area contributed by atoms with Gasteiger partial charge in [-0.3, -0.25) is 14.5 Å². The van der Waals surface area contributed by atoms with Crippen molar-refractivity contribution in [2.75, 3.05) is 13.1 Å². The van der Waals surface area contributed by atoms with Gasteiger partial charge in [-0.05, 0) is 81.8 Å². The number of amides is 2. The zero-order valence-corrected chi connectivity index (χ0v) is 25.4. The lowest BCUT2D eigenvalue weighted by Gasteiger charge is -2.33. The average molecular weight is 538 g/mol. The van der Waals surface area contributed by atoms with Gasteiger partial charge < -0.3 is 15.4 Å². The van der Waals surface area contributed by atoms with Crippen molar-refractivity contribution in [2.24, 2.45) is 11.8 Å². The highest BCUT2D eigenvalue weighted by atomic mass is 16.5. The molecule has 2 N–H and O–H groups in total. The van der Waals surface area contributed by atoms with Crippen molar-refractivity contribution in [3.05, 3.63) is 65.7 Å². The molecule has 0 saturated carbocycles. The van der Waals surface area contributed by atoms with Gasteiger partial charge in [-0.15, -0.1) is 0 Å². The van der Waals surface area contributed by atoms with Gasteiger partial charge in [0.05, 0.1) is 6.04 Å². The van der Waals surface area contributed by atoms with Gasteiger partial charge in [0.1, 0.15) is 18.4 Å². The van der Waals surface area contributed by atoms with Crippen LogP contribution in [0.15, 0.2) is 54.6 Å². The van der Waals surface area contributed by atoms with E-state index in [0.29, 0.717) is 24.9 Å². The molecule has 0 spiro atoms. The van der Waals surface area contributed by atoms with Crippen LogP contribution >= 0.6 is 0 Å². The van der Waals surface area contributed by atoms with E-state index in [-0.39, 0.29) is 17.9 Å². The minimum Gasteiger partial charge on any atom is -0.489 e. The lowest BCUT2D eigenvalue weighted by atomic mass is 9.98. The summed E-state index contributed by atoms with van der Waals surface area (Å²) >= 11 is 0. The Morgan fingerprint density at radius 2 is 1.51 bits per heavy atom. The predicted octanol–water partition coefficient (Wildman–Crippen LogP) is 5.99. The lowest BCUT2D eigenvalue weighted by Crippen LogP contribution is -2.57. The molecular formula is C33H51N3O3. The van der Waals surface area contributed by atoms with Crippen molar-refractivity contribution < 1.29 is 14.3 Å². The average Bonchev–Trinajstić information content (AvgIpc) is 2.86. The first-order valence-electron chi connectivity index (χ1n) is 14.5. The number of benzene rings is 2. The Morgan fingerprint density at radius 3 is 2.05 bits per heavy atom. The van der Waals surface area contributed by atoms with Crippen molar-refractivity contribution in [1.29, 1.82) is 0 Å². The standard InChI is InChI=1S/C33H51N3O3/c1-9-36(20-19-24(2)3)30(21-25(4)5)32(38)34-29(31(37)35-33(6,7)8)22-26-15-17-28(18-16-26)39-23-27-13-11-10-12-14-27/h10-18,24-25,29-30H,9,19-23H2,1-8H3,(H,34,38)(H,35,37). The molecule has 0 heterocycles. The molecule has 2 rings (SSSR count). The Bertz CT molecular complexity index is 997. The fourth-order valence-corrected chi connectivity index (χ4v) is 4.46. The number of likely N-dealkylation sites (N-methyl/N-ethyl adjacent to an activating group) is 1.